The zero-order valence-electron chi connectivity index (χ0n) is 19.3. The normalized spacial score (nSPS) is 20.5. The van der Waals surface area contributed by atoms with E-state index in [0.29, 0.717) is 24.5 Å². The van der Waals surface area contributed by atoms with Gasteiger partial charge in [0, 0.05) is 32.6 Å². The highest BCUT2D eigenvalue weighted by molar-refractivity contribution is 5.79. The molecule has 0 N–H and O–H groups in total. The van der Waals surface area contributed by atoms with Crippen LogP contribution in [0.15, 0.2) is 6.33 Å². The minimum Gasteiger partial charge on any atom is -0.471 e. The van der Waals surface area contributed by atoms with Crippen molar-refractivity contribution in [3.63, 3.8) is 0 Å². The number of fused-ring (bicyclic) bond motifs is 1. The Kier molecular flexibility index (Phi) is 5.94. The molecule has 2 aliphatic rings. The van der Waals surface area contributed by atoms with E-state index in [0.717, 1.165) is 43.6 Å². The third-order valence-electron chi connectivity index (χ3n) is 5.94. The van der Waals surface area contributed by atoms with Gasteiger partial charge < -0.3 is 19.3 Å². The van der Waals surface area contributed by atoms with Crippen molar-refractivity contribution < 1.29 is 14.3 Å². The van der Waals surface area contributed by atoms with Gasteiger partial charge in [-0.2, -0.15) is 4.98 Å². The van der Waals surface area contributed by atoms with Crippen LogP contribution < -0.4 is 9.64 Å². The van der Waals surface area contributed by atoms with Gasteiger partial charge in [0.15, 0.2) is 11.2 Å². The number of likely N-dealkylation sites (tertiary alicyclic amines) is 1. The zero-order valence-corrected chi connectivity index (χ0v) is 19.3. The fraction of sp³-hybridized carbons (Fsp3) is 0.727. The molecule has 0 radical (unpaired) electrons. The molecule has 2 saturated heterocycles. The summed E-state index contributed by atoms with van der Waals surface area (Å²) in [6.45, 7) is 13.9. The Morgan fingerprint density at radius 1 is 1.16 bits per heavy atom. The minimum atomic E-state index is -0.509. The van der Waals surface area contributed by atoms with Gasteiger partial charge in [-0.25, -0.2) is 14.8 Å². The van der Waals surface area contributed by atoms with Crippen LogP contribution in [0, 0.1) is 5.92 Å². The molecule has 1 atom stereocenters. The fourth-order valence-corrected chi connectivity index (χ4v) is 4.21. The van der Waals surface area contributed by atoms with E-state index in [1.165, 1.54) is 19.2 Å². The maximum Gasteiger partial charge on any atom is 0.410 e. The largest absolute Gasteiger partial charge is 0.471 e. The second-order valence-electron chi connectivity index (χ2n) is 9.63. The van der Waals surface area contributed by atoms with E-state index in [4.69, 9.17) is 14.5 Å². The van der Waals surface area contributed by atoms with Gasteiger partial charge in [-0.3, -0.25) is 4.57 Å². The fourth-order valence-electron chi connectivity index (χ4n) is 4.21. The molecule has 2 aliphatic heterocycles. The van der Waals surface area contributed by atoms with Crippen LogP contribution in [0.3, 0.4) is 0 Å². The molecule has 0 saturated carbocycles. The molecule has 9 nitrogen and oxygen atoms in total. The SMILES string of the molecule is CCn1c(N2CCC(C)CC2)nc2c(O[C@H]3CCN(C(=O)OC(C)(C)C)C3)ncnc21. The lowest BCUT2D eigenvalue weighted by Gasteiger charge is -2.31. The lowest BCUT2D eigenvalue weighted by Crippen LogP contribution is -2.36. The van der Waals surface area contributed by atoms with Crippen molar-refractivity contribution in [1.29, 1.82) is 0 Å². The first-order valence-corrected chi connectivity index (χ1v) is 11.4. The van der Waals surface area contributed by atoms with Crippen molar-refractivity contribution in [2.45, 2.75) is 72.1 Å². The van der Waals surface area contributed by atoms with Crippen molar-refractivity contribution in [3.8, 4) is 5.88 Å². The number of piperidine rings is 1. The van der Waals surface area contributed by atoms with E-state index in [9.17, 15) is 4.79 Å². The van der Waals surface area contributed by atoms with Crippen LogP contribution in [-0.4, -0.2) is 68.4 Å². The second kappa shape index (κ2) is 8.51. The topological polar surface area (TPSA) is 85.6 Å². The number of rotatable bonds is 4. The number of hydrogen-bond donors (Lipinski definition) is 0. The lowest BCUT2D eigenvalue weighted by atomic mass is 10.00. The average Bonchev–Trinajstić information content (AvgIpc) is 3.32. The Morgan fingerprint density at radius 3 is 2.58 bits per heavy atom. The summed E-state index contributed by atoms with van der Waals surface area (Å²) in [5.41, 5.74) is 0.974. The first-order valence-electron chi connectivity index (χ1n) is 11.4. The molecule has 0 aliphatic carbocycles. The number of amides is 1. The Hall–Kier alpha value is -2.58. The summed E-state index contributed by atoms with van der Waals surface area (Å²) < 4.78 is 13.8. The highest BCUT2D eigenvalue weighted by Crippen LogP contribution is 2.30. The summed E-state index contributed by atoms with van der Waals surface area (Å²) in [5, 5.41) is 0. The van der Waals surface area contributed by atoms with Crippen molar-refractivity contribution in [1.82, 2.24) is 24.4 Å². The smallest absolute Gasteiger partial charge is 0.410 e. The number of carbonyl (C=O) groups excluding carboxylic acids is 1. The summed E-state index contributed by atoms with van der Waals surface area (Å²) in [4.78, 5) is 30.2. The second-order valence-corrected chi connectivity index (χ2v) is 9.63. The van der Waals surface area contributed by atoms with Crippen LogP contribution in [0.4, 0.5) is 10.7 Å². The first-order chi connectivity index (χ1) is 14.7. The summed E-state index contributed by atoms with van der Waals surface area (Å²) in [5.74, 6) is 2.18. The average molecular weight is 431 g/mol. The van der Waals surface area contributed by atoms with E-state index >= 15 is 0 Å². The maximum absolute atomic E-state index is 12.4. The number of aryl methyl sites for hydroxylation is 1. The third-order valence-corrected chi connectivity index (χ3v) is 5.94. The molecular weight excluding hydrogens is 396 g/mol. The van der Waals surface area contributed by atoms with Gasteiger partial charge in [0.25, 0.3) is 0 Å². The molecule has 4 heterocycles. The van der Waals surface area contributed by atoms with Gasteiger partial charge in [-0.15, -0.1) is 0 Å². The lowest BCUT2D eigenvalue weighted by molar-refractivity contribution is 0.0275. The van der Waals surface area contributed by atoms with Gasteiger partial charge in [0.2, 0.25) is 11.8 Å². The van der Waals surface area contributed by atoms with Crippen LogP contribution in [-0.2, 0) is 11.3 Å². The molecule has 2 aromatic rings. The Bertz CT molecular complexity index is 929. The molecule has 4 rings (SSSR count). The highest BCUT2D eigenvalue weighted by Gasteiger charge is 2.32. The highest BCUT2D eigenvalue weighted by atomic mass is 16.6. The van der Waals surface area contributed by atoms with Crippen molar-refractivity contribution in [3.05, 3.63) is 6.33 Å². The molecule has 9 heteroatoms. The summed E-state index contributed by atoms with van der Waals surface area (Å²) in [7, 11) is 0. The molecule has 2 fully saturated rings. The van der Waals surface area contributed by atoms with E-state index < -0.39 is 5.60 Å². The van der Waals surface area contributed by atoms with Crippen LogP contribution in [0.25, 0.3) is 11.2 Å². The predicted molar refractivity (Wildman–Crippen MR) is 118 cm³/mol. The predicted octanol–water partition coefficient (Wildman–Crippen LogP) is 3.47. The Morgan fingerprint density at radius 2 is 1.90 bits per heavy atom. The van der Waals surface area contributed by atoms with E-state index in [1.807, 2.05) is 20.8 Å². The number of carbonyl (C=O) groups is 1. The quantitative estimate of drug-likeness (QED) is 0.734. The standard InChI is InChI=1S/C22H34N6O3/c1-6-28-18-17(25-20(28)26-10-7-15(2)8-11-26)19(24-14-23-18)30-16-9-12-27(13-16)21(29)31-22(3,4)5/h14-16H,6-13H2,1-5H3/t16-/m0/s1. The molecule has 2 aromatic heterocycles. The van der Waals surface area contributed by atoms with Crippen molar-refractivity contribution in [2.75, 3.05) is 31.1 Å². The monoisotopic (exact) mass is 430 g/mol. The van der Waals surface area contributed by atoms with Gasteiger partial charge in [-0.05, 0) is 46.5 Å². The van der Waals surface area contributed by atoms with Crippen LogP contribution >= 0.6 is 0 Å². The first kappa shape index (κ1) is 21.6. The van der Waals surface area contributed by atoms with Crippen LogP contribution in [0.5, 0.6) is 5.88 Å². The zero-order chi connectivity index (χ0) is 22.2. The summed E-state index contributed by atoms with van der Waals surface area (Å²) >= 11 is 0. The van der Waals surface area contributed by atoms with Gasteiger partial charge in [-0.1, -0.05) is 6.92 Å². The third kappa shape index (κ3) is 4.70. The number of anilines is 1. The molecule has 170 valence electrons. The van der Waals surface area contributed by atoms with E-state index in [2.05, 4.69) is 33.3 Å². The molecule has 31 heavy (non-hydrogen) atoms. The van der Waals surface area contributed by atoms with Gasteiger partial charge >= 0.3 is 6.09 Å². The minimum absolute atomic E-state index is 0.142. The number of imidazole rings is 1. The number of aromatic nitrogens is 4. The van der Waals surface area contributed by atoms with E-state index in [1.54, 1.807) is 4.90 Å². The Balaban J connectivity index is 1.52. The number of hydrogen-bond acceptors (Lipinski definition) is 7. The summed E-state index contributed by atoms with van der Waals surface area (Å²) in [6, 6.07) is 0. The molecule has 1 amide bonds. The number of ether oxygens (including phenoxy) is 2. The van der Waals surface area contributed by atoms with Crippen molar-refractivity contribution in [2.24, 2.45) is 5.92 Å². The number of nitrogens with zero attached hydrogens (tertiary/aromatic N) is 6. The molecular formula is C22H34N6O3. The van der Waals surface area contributed by atoms with E-state index in [-0.39, 0.29) is 12.2 Å². The molecule has 0 aromatic carbocycles. The molecule has 0 bridgehead atoms. The van der Waals surface area contributed by atoms with Gasteiger partial charge in [0.05, 0.1) is 6.54 Å². The molecule has 0 unspecified atom stereocenters. The molecule has 0 spiro atoms. The maximum atomic E-state index is 12.4. The van der Waals surface area contributed by atoms with Crippen molar-refractivity contribution >= 4 is 23.2 Å². The van der Waals surface area contributed by atoms with Gasteiger partial charge in [0.1, 0.15) is 18.0 Å². The van der Waals surface area contributed by atoms with Crippen LogP contribution in [0.2, 0.25) is 0 Å². The van der Waals surface area contributed by atoms with Crippen LogP contribution in [0.1, 0.15) is 53.9 Å². The Labute approximate surface area is 183 Å². The summed E-state index contributed by atoms with van der Waals surface area (Å²) in [6.07, 6.45) is 4.17.